The first-order valence-corrected chi connectivity index (χ1v) is 7.22. The number of hydrogen-bond acceptors (Lipinski definition) is 4. The lowest BCUT2D eigenvalue weighted by Crippen LogP contribution is -2.45. The van der Waals surface area contributed by atoms with Crippen LogP contribution < -0.4 is 5.32 Å². The highest BCUT2D eigenvalue weighted by atomic mass is 16.5. The second-order valence-corrected chi connectivity index (χ2v) is 5.28. The van der Waals surface area contributed by atoms with Gasteiger partial charge in [0, 0.05) is 32.8 Å². The molecule has 5 heteroatoms. The number of likely N-dealkylation sites (tertiary alicyclic amines) is 1. The van der Waals surface area contributed by atoms with Crippen LogP contribution in [0.25, 0.3) is 0 Å². The van der Waals surface area contributed by atoms with Gasteiger partial charge >= 0.3 is 0 Å². The zero-order valence-corrected chi connectivity index (χ0v) is 12.3. The molecular formula is C16H21N3O2. The van der Waals surface area contributed by atoms with Crippen molar-refractivity contribution in [2.75, 3.05) is 26.8 Å². The molecule has 1 N–H and O–H groups in total. The number of carbonyl (C=O) groups is 1. The summed E-state index contributed by atoms with van der Waals surface area (Å²) in [4.78, 5) is 13.6. The molecule has 5 nitrogen and oxygen atoms in total. The number of carbonyl (C=O) groups excluding carboxylic acids is 1. The topological polar surface area (TPSA) is 65.4 Å². The van der Waals surface area contributed by atoms with Crippen LogP contribution >= 0.6 is 0 Å². The Labute approximate surface area is 125 Å². The summed E-state index contributed by atoms with van der Waals surface area (Å²) in [5.74, 6) is 0.0723. The van der Waals surface area contributed by atoms with E-state index in [1.54, 1.807) is 7.11 Å². The van der Waals surface area contributed by atoms with Crippen LogP contribution in [0.15, 0.2) is 24.3 Å². The minimum Gasteiger partial charge on any atom is -0.375 e. The second-order valence-electron chi connectivity index (χ2n) is 5.28. The Bertz CT molecular complexity index is 499. The fourth-order valence-electron chi connectivity index (χ4n) is 2.51. The normalized spacial score (nSPS) is 15.7. The molecule has 21 heavy (non-hydrogen) atoms. The van der Waals surface area contributed by atoms with Gasteiger partial charge in [0.1, 0.15) is 6.61 Å². The predicted molar refractivity (Wildman–Crippen MR) is 79.5 cm³/mol. The molecule has 0 unspecified atom stereocenters. The molecule has 1 aliphatic heterocycles. The molecule has 0 bridgehead atoms. The second kappa shape index (κ2) is 7.77. The average molecular weight is 287 g/mol. The molecule has 112 valence electrons. The van der Waals surface area contributed by atoms with Gasteiger partial charge in [-0.3, -0.25) is 4.79 Å². The SMILES string of the molecule is COCC(=O)N1CCC(NCc2ccc(C#N)cc2)CC1. The third-order valence-electron chi connectivity index (χ3n) is 3.79. The number of nitriles is 1. The van der Waals surface area contributed by atoms with Gasteiger partial charge in [0.15, 0.2) is 0 Å². The third kappa shape index (κ3) is 4.55. The van der Waals surface area contributed by atoms with Crippen LogP contribution in [-0.2, 0) is 16.1 Å². The molecule has 2 rings (SSSR count). The van der Waals surface area contributed by atoms with E-state index in [4.69, 9.17) is 10.00 Å². The molecule has 1 aromatic rings. The summed E-state index contributed by atoms with van der Waals surface area (Å²) in [7, 11) is 1.55. The molecule has 0 aromatic heterocycles. The quantitative estimate of drug-likeness (QED) is 0.886. The zero-order chi connectivity index (χ0) is 15.1. The highest BCUT2D eigenvalue weighted by Gasteiger charge is 2.21. The molecule has 1 saturated heterocycles. The van der Waals surface area contributed by atoms with Gasteiger partial charge in [-0.15, -0.1) is 0 Å². The Kier molecular flexibility index (Phi) is 5.73. The van der Waals surface area contributed by atoms with Gasteiger partial charge in [-0.05, 0) is 30.5 Å². The molecule has 0 atom stereocenters. The van der Waals surface area contributed by atoms with E-state index in [2.05, 4.69) is 11.4 Å². The first-order chi connectivity index (χ1) is 10.2. The number of nitrogens with zero attached hydrogens (tertiary/aromatic N) is 2. The predicted octanol–water partition coefficient (Wildman–Crippen LogP) is 1.29. The summed E-state index contributed by atoms with van der Waals surface area (Å²) >= 11 is 0. The van der Waals surface area contributed by atoms with Crippen molar-refractivity contribution in [1.82, 2.24) is 10.2 Å². The van der Waals surface area contributed by atoms with Gasteiger partial charge in [-0.1, -0.05) is 12.1 Å². The number of amides is 1. The molecule has 1 aliphatic rings. The largest absolute Gasteiger partial charge is 0.375 e. The lowest BCUT2D eigenvalue weighted by molar-refractivity contribution is -0.136. The molecule has 1 fully saturated rings. The Morgan fingerprint density at radius 2 is 2.05 bits per heavy atom. The van der Waals surface area contributed by atoms with Crippen molar-refractivity contribution >= 4 is 5.91 Å². The standard InChI is InChI=1S/C16H21N3O2/c1-21-12-16(20)19-8-6-15(7-9-19)18-11-14-4-2-13(10-17)3-5-14/h2-5,15,18H,6-9,11-12H2,1H3. The zero-order valence-electron chi connectivity index (χ0n) is 12.3. The maximum Gasteiger partial charge on any atom is 0.248 e. The maximum atomic E-state index is 11.7. The van der Waals surface area contributed by atoms with Crippen molar-refractivity contribution in [3.63, 3.8) is 0 Å². The van der Waals surface area contributed by atoms with Crippen molar-refractivity contribution in [3.05, 3.63) is 35.4 Å². The van der Waals surface area contributed by atoms with Crippen LogP contribution in [-0.4, -0.2) is 43.7 Å². The summed E-state index contributed by atoms with van der Waals surface area (Å²) in [5, 5.41) is 12.3. The highest BCUT2D eigenvalue weighted by molar-refractivity contribution is 5.77. The summed E-state index contributed by atoms with van der Waals surface area (Å²) < 4.78 is 4.88. The van der Waals surface area contributed by atoms with Crippen LogP contribution in [0.4, 0.5) is 0 Å². The fraction of sp³-hybridized carbons (Fsp3) is 0.500. The first kappa shape index (κ1) is 15.5. The first-order valence-electron chi connectivity index (χ1n) is 7.22. The van der Waals surface area contributed by atoms with Crippen LogP contribution in [0.1, 0.15) is 24.0 Å². The van der Waals surface area contributed by atoms with E-state index in [-0.39, 0.29) is 12.5 Å². The van der Waals surface area contributed by atoms with Gasteiger partial charge in [0.25, 0.3) is 0 Å². The van der Waals surface area contributed by atoms with Crippen molar-refractivity contribution in [3.8, 4) is 6.07 Å². The minimum atomic E-state index is 0.0723. The highest BCUT2D eigenvalue weighted by Crippen LogP contribution is 2.12. The Hall–Kier alpha value is -1.90. The van der Waals surface area contributed by atoms with Crippen LogP contribution in [0.5, 0.6) is 0 Å². The fourth-order valence-corrected chi connectivity index (χ4v) is 2.51. The monoisotopic (exact) mass is 287 g/mol. The van der Waals surface area contributed by atoms with Crippen molar-refractivity contribution < 1.29 is 9.53 Å². The third-order valence-corrected chi connectivity index (χ3v) is 3.79. The van der Waals surface area contributed by atoms with Crippen molar-refractivity contribution in [2.24, 2.45) is 0 Å². The van der Waals surface area contributed by atoms with Gasteiger partial charge in [-0.25, -0.2) is 0 Å². The molecule has 1 amide bonds. The van der Waals surface area contributed by atoms with E-state index in [0.717, 1.165) is 32.5 Å². The number of rotatable bonds is 5. The number of hydrogen-bond donors (Lipinski definition) is 1. The van der Waals surface area contributed by atoms with Gasteiger partial charge in [0.05, 0.1) is 11.6 Å². The maximum absolute atomic E-state index is 11.7. The lowest BCUT2D eigenvalue weighted by atomic mass is 10.0. The van der Waals surface area contributed by atoms with Crippen molar-refractivity contribution in [2.45, 2.75) is 25.4 Å². The Morgan fingerprint density at radius 3 is 2.62 bits per heavy atom. The average Bonchev–Trinajstić information content (AvgIpc) is 2.54. The van der Waals surface area contributed by atoms with Gasteiger partial charge in [-0.2, -0.15) is 5.26 Å². The smallest absolute Gasteiger partial charge is 0.248 e. The van der Waals surface area contributed by atoms with E-state index in [1.165, 1.54) is 5.56 Å². The number of ether oxygens (including phenoxy) is 1. The minimum absolute atomic E-state index is 0.0723. The number of benzene rings is 1. The number of methoxy groups -OCH3 is 1. The van der Waals surface area contributed by atoms with Crippen molar-refractivity contribution in [1.29, 1.82) is 5.26 Å². The molecule has 0 spiro atoms. The summed E-state index contributed by atoms with van der Waals surface area (Å²) in [5.41, 5.74) is 1.86. The molecule has 1 heterocycles. The van der Waals surface area contributed by atoms with Crippen LogP contribution in [0, 0.1) is 11.3 Å². The summed E-state index contributed by atoms with van der Waals surface area (Å²) in [6.45, 7) is 2.53. The van der Waals surface area contributed by atoms with Crippen LogP contribution in [0.2, 0.25) is 0 Å². The molecule has 1 aromatic carbocycles. The van der Waals surface area contributed by atoms with E-state index >= 15 is 0 Å². The molecular weight excluding hydrogens is 266 g/mol. The van der Waals surface area contributed by atoms with E-state index < -0.39 is 0 Å². The Morgan fingerprint density at radius 1 is 1.38 bits per heavy atom. The van der Waals surface area contributed by atoms with E-state index in [0.29, 0.717) is 11.6 Å². The lowest BCUT2D eigenvalue weighted by Gasteiger charge is -2.32. The number of piperidine rings is 1. The van der Waals surface area contributed by atoms with E-state index in [9.17, 15) is 4.79 Å². The van der Waals surface area contributed by atoms with Crippen LogP contribution in [0.3, 0.4) is 0 Å². The number of nitrogens with one attached hydrogen (secondary N) is 1. The van der Waals surface area contributed by atoms with E-state index in [1.807, 2.05) is 29.2 Å². The van der Waals surface area contributed by atoms with Gasteiger partial charge < -0.3 is 15.0 Å². The van der Waals surface area contributed by atoms with Gasteiger partial charge in [0.2, 0.25) is 5.91 Å². The Balaban J connectivity index is 1.73. The molecule has 0 saturated carbocycles. The summed E-state index contributed by atoms with van der Waals surface area (Å²) in [6, 6.07) is 10.2. The summed E-state index contributed by atoms with van der Waals surface area (Å²) in [6.07, 6.45) is 1.93. The molecule has 0 aliphatic carbocycles. The molecule has 0 radical (unpaired) electrons.